The van der Waals surface area contributed by atoms with Crippen LogP contribution in [0.5, 0.6) is 11.5 Å². The maximum Gasteiger partial charge on any atom is 0.414 e. The molecule has 1 N–H and O–H groups in total. The van der Waals surface area contributed by atoms with Gasteiger partial charge in [0, 0.05) is 34.3 Å². The van der Waals surface area contributed by atoms with Gasteiger partial charge in [0.05, 0.1) is 12.2 Å². The van der Waals surface area contributed by atoms with Gasteiger partial charge in [-0.2, -0.15) is 0 Å². The Labute approximate surface area is 236 Å². The first-order chi connectivity index (χ1) is 18.0. The van der Waals surface area contributed by atoms with Gasteiger partial charge in [0.2, 0.25) is 0 Å². The number of aryl methyl sites for hydroxylation is 1. The van der Waals surface area contributed by atoms with Gasteiger partial charge < -0.3 is 19.7 Å². The van der Waals surface area contributed by atoms with Crippen molar-refractivity contribution in [2.45, 2.75) is 45.8 Å². The number of fused-ring (bicyclic) bond motifs is 1. The van der Waals surface area contributed by atoms with Crippen LogP contribution in [0.15, 0.2) is 65.1 Å². The highest BCUT2D eigenvalue weighted by molar-refractivity contribution is 9.10. The molecule has 4 rings (SSSR count). The molecule has 1 aliphatic rings. The molecular weight excluding hydrogens is 570 g/mol. The highest BCUT2D eigenvalue weighted by Gasteiger charge is 2.27. The summed E-state index contributed by atoms with van der Waals surface area (Å²) in [6.45, 7) is 6.48. The number of nitrogens with zero attached hydrogens (tertiary/aromatic N) is 2. The maximum atomic E-state index is 13.1. The Morgan fingerprint density at radius 1 is 1.11 bits per heavy atom. The van der Waals surface area contributed by atoms with Crippen molar-refractivity contribution in [3.63, 3.8) is 0 Å². The molecule has 0 aromatic heterocycles. The number of halogens is 2. The number of hydrogen-bond acceptors (Lipinski definition) is 4. The lowest BCUT2D eigenvalue weighted by Gasteiger charge is -2.32. The van der Waals surface area contributed by atoms with E-state index >= 15 is 0 Å². The van der Waals surface area contributed by atoms with E-state index in [1.165, 1.54) is 0 Å². The average Bonchev–Trinajstić information content (AvgIpc) is 2.84. The summed E-state index contributed by atoms with van der Waals surface area (Å²) in [5.41, 5.74) is 2.74. The molecule has 3 amide bonds. The minimum absolute atomic E-state index is 0.263. The van der Waals surface area contributed by atoms with Crippen LogP contribution in [0.3, 0.4) is 0 Å². The number of ether oxygens (including phenoxy) is 2. The van der Waals surface area contributed by atoms with Gasteiger partial charge in [0.1, 0.15) is 17.1 Å². The molecule has 0 radical (unpaired) electrons. The van der Waals surface area contributed by atoms with Crippen LogP contribution in [0.4, 0.5) is 21.0 Å². The number of urea groups is 1. The molecule has 0 aliphatic carbocycles. The van der Waals surface area contributed by atoms with Crippen molar-refractivity contribution in [1.29, 1.82) is 0 Å². The van der Waals surface area contributed by atoms with Gasteiger partial charge in [-0.25, -0.2) is 9.59 Å². The van der Waals surface area contributed by atoms with Gasteiger partial charge in [-0.15, -0.1) is 0 Å². The second kappa shape index (κ2) is 11.7. The molecule has 7 nitrogen and oxygen atoms in total. The van der Waals surface area contributed by atoms with Gasteiger partial charge >= 0.3 is 12.1 Å². The van der Waals surface area contributed by atoms with E-state index in [2.05, 4.69) is 21.2 Å². The van der Waals surface area contributed by atoms with E-state index in [9.17, 15) is 9.59 Å². The third-order valence-corrected chi connectivity index (χ3v) is 6.60. The van der Waals surface area contributed by atoms with E-state index in [1.807, 2.05) is 63.2 Å². The van der Waals surface area contributed by atoms with Gasteiger partial charge in [0.15, 0.2) is 0 Å². The van der Waals surface area contributed by atoms with Crippen molar-refractivity contribution in [3.05, 3.63) is 81.3 Å². The Kier molecular flexibility index (Phi) is 8.53. The normalized spacial score (nSPS) is 12.9. The molecule has 0 fully saturated rings. The fraction of sp³-hybridized carbons (Fsp3) is 0.310. The summed E-state index contributed by atoms with van der Waals surface area (Å²) in [6, 6.07) is 18.2. The number of amides is 3. The molecule has 3 aromatic carbocycles. The fourth-order valence-electron chi connectivity index (χ4n) is 4.14. The lowest BCUT2D eigenvalue weighted by molar-refractivity contribution is 0.0577. The van der Waals surface area contributed by atoms with E-state index < -0.39 is 5.60 Å². The maximum absolute atomic E-state index is 13.1. The van der Waals surface area contributed by atoms with Crippen molar-refractivity contribution in [1.82, 2.24) is 4.90 Å². The van der Waals surface area contributed by atoms with Gasteiger partial charge in [-0.3, -0.25) is 4.90 Å². The molecule has 38 heavy (non-hydrogen) atoms. The summed E-state index contributed by atoms with van der Waals surface area (Å²) in [5.74, 6) is 1.23. The van der Waals surface area contributed by atoms with E-state index in [4.69, 9.17) is 21.1 Å². The number of benzene rings is 3. The highest BCUT2D eigenvalue weighted by Crippen LogP contribution is 2.32. The molecule has 1 heterocycles. The number of rotatable bonds is 5. The first kappa shape index (κ1) is 27.8. The summed E-state index contributed by atoms with van der Waals surface area (Å²) in [7, 11) is 1.73. The van der Waals surface area contributed by atoms with Crippen LogP contribution in [0, 0.1) is 0 Å². The summed E-state index contributed by atoms with van der Waals surface area (Å²) >= 11 is 9.59. The molecular formula is C29H31BrClN3O4. The second-order valence-electron chi connectivity index (χ2n) is 10.2. The molecule has 1 aliphatic heterocycles. The van der Waals surface area contributed by atoms with Crippen molar-refractivity contribution in [3.8, 4) is 11.5 Å². The van der Waals surface area contributed by atoms with Gasteiger partial charge in [-0.1, -0.05) is 39.7 Å². The van der Waals surface area contributed by atoms with E-state index in [-0.39, 0.29) is 12.1 Å². The van der Waals surface area contributed by atoms with E-state index in [0.29, 0.717) is 35.3 Å². The Morgan fingerprint density at radius 2 is 1.89 bits per heavy atom. The van der Waals surface area contributed by atoms with Crippen molar-refractivity contribution < 1.29 is 19.1 Å². The number of nitrogens with one attached hydrogen (secondary N) is 1. The zero-order valence-corrected chi connectivity index (χ0v) is 24.2. The Morgan fingerprint density at radius 3 is 2.63 bits per heavy atom. The predicted octanol–water partition coefficient (Wildman–Crippen LogP) is 8.25. The monoisotopic (exact) mass is 599 g/mol. The van der Waals surface area contributed by atoms with E-state index in [0.717, 1.165) is 34.1 Å². The van der Waals surface area contributed by atoms with E-state index in [1.54, 1.807) is 35.0 Å². The molecule has 9 heteroatoms. The molecule has 0 unspecified atom stereocenters. The van der Waals surface area contributed by atoms with Gasteiger partial charge in [-0.05, 0) is 87.7 Å². The molecule has 0 spiro atoms. The molecule has 0 atom stereocenters. The van der Waals surface area contributed by atoms with Crippen LogP contribution in [0.2, 0.25) is 5.02 Å². The summed E-state index contributed by atoms with van der Waals surface area (Å²) in [4.78, 5) is 29.0. The first-order valence-corrected chi connectivity index (χ1v) is 13.5. The lowest BCUT2D eigenvalue weighted by Crippen LogP contribution is -2.39. The van der Waals surface area contributed by atoms with Crippen LogP contribution >= 0.6 is 27.5 Å². The van der Waals surface area contributed by atoms with Crippen LogP contribution in [-0.2, 0) is 17.7 Å². The van der Waals surface area contributed by atoms with Crippen molar-refractivity contribution in [2.75, 3.05) is 23.8 Å². The zero-order valence-electron chi connectivity index (χ0n) is 21.9. The third kappa shape index (κ3) is 7.20. The molecule has 0 bridgehead atoms. The topological polar surface area (TPSA) is 71.1 Å². The molecule has 0 saturated heterocycles. The highest BCUT2D eigenvalue weighted by atomic mass is 79.9. The second-order valence-corrected chi connectivity index (χ2v) is 11.5. The number of carbonyl (C=O) groups is 2. The third-order valence-electron chi connectivity index (χ3n) is 5.87. The minimum atomic E-state index is -0.568. The summed E-state index contributed by atoms with van der Waals surface area (Å²) in [5, 5.41) is 3.55. The molecule has 0 saturated carbocycles. The number of hydrogen-bond donors (Lipinski definition) is 1. The summed E-state index contributed by atoms with van der Waals surface area (Å²) < 4.78 is 12.5. The standard InChI is InChI=1S/C29H31BrClN3O4/c1-29(2,3)38-28(36)34-14-6-7-19-15-23(12-13-25(19)34)32-27(35)33(4)18-20-10-11-21(30)16-26(20)37-24-9-5-8-22(31)17-24/h5,8-13,15-17H,6-7,14,18H2,1-4H3,(H,32,35). The van der Waals surface area contributed by atoms with Crippen molar-refractivity contribution >= 4 is 51.0 Å². The van der Waals surface area contributed by atoms with Crippen LogP contribution in [0.25, 0.3) is 0 Å². The molecule has 3 aromatic rings. The Bertz CT molecular complexity index is 1340. The Balaban J connectivity index is 1.45. The fourth-order valence-corrected chi connectivity index (χ4v) is 4.66. The lowest BCUT2D eigenvalue weighted by atomic mass is 10.0. The van der Waals surface area contributed by atoms with Crippen LogP contribution in [0.1, 0.15) is 38.3 Å². The van der Waals surface area contributed by atoms with Gasteiger partial charge in [0.25, 0.3) is 0 Å². The SMILES string of the molecule is CN(Cc1ccc(Br)cc1Oc1cccc(Cl)c1)C(=O)Nc1ccc2c(c1)CCCN2C(=O)OC(C)(C)C. The smallest absolute Gasteiger partial charge is 0.414 e. The average molecular weight is 601 g/mol. The molecule has 200 valence electrons. The summed E-state index contributed by atoms with van der Waals surface area (Å²) in [6.07, 6.45) is 1.28. The van der Waals surface area contributed by atoms with Crippen LogP contribution < -0.4 is 15.0 Å². The minimum Gasteiger partial charge on any atom is -0.457 e. The largest absolute Gasteiger partial charge is 0.457 e. The predicted molar refractivity (Wildman–Crippen MR) is 154 cm³/mol. The number of anilines is 2. The van der Waals surface area contributed by atoms with Crippen molar-refractivity contribution in [2.24, 2.45) is 0 Å². The van der Waals surface area contributed by atoms with Crippen LogP contribution in [-0.4, -0.2) is 36.2 Å². The first-order valence-electron chi connectivity index (χ1n) is 12.4. The Hall–Kier alpha value is -3.23. The number of carbonyl (C=O) groups excluding carboxylic acids is 2. The quantitative estimate of drug-likeness (QED) is 0.320. The zero-order chi connectivity index (χ0) is 27.4.